The van der Waals surface area contributed by atoms with Crippen LogP contribution in [-0.4, -0.2) is 30.1 Å². The Hall–Kier alpha value is -3.36. The highest BCUT2D eigenvalue weighted by atomic mass is 32.2. The Kier molecular flexibility index (Phi) is 5.11. The molecule has 2 aliphatic rings. The monoisotopic (exact) mass is 447 g/mol. The van der Waals surface area contributed by atoms with E-state index in [1.807, 2.05) is 24.3 Å². The minimum absolute atomic E-state index is 0.0534. The van der Waals surface area contributed by atoms with Crippen LogP contribution >= 0.6 is 0 Å². The molecular formula is C24H21N3O4S. The Morgan fingerprint density at radius 3 is 2.53 bits per heavy atom. The summed E-state index contributed by atoms with van der Waals surface area (Å²) in [5.74, 6) is -0.840. The van der Waals surface area contributed by atoms with Crippen molar-refractivity contribution in [2.45, 2.75) is 36.7 Å². The van der Waals surface area contributed by atoms with Crippen molar-refractivity contribution in [1.82, 2.24) is 14.6 Å². The summed E-state index contributed by atoms with van der Waals surface area (Å²) in [7, 11) is -3.72. The molecule has 1 aliphatic heterocycles. The molecule has 0 fully saturated rings. The van der Waals surface area contributed by atoms with Gasteiger partial charge in [-0.15, -0.1) is 0 Å². The van der Waals surface area contributed by atoms with Crippen LogP contribution in [0.3, 0.4) is 0 Å². The number of carbonyl (C=O) groups is 2. The molecule has 0 spiro atoms. The first-order chi connectivity index (χ1) is 15.4. The Morgan fingerprint density at radius 1 is 0.969 bits per heavy atom. The van der Waals surface area contributed by atoms with E-state index >= 15 is 0 Å². The zero-order chi connectivity index (χ0) is 22.3. The first-order valence-corrected chi connectivity index (χ1v) is 11.9. The number of imide groups is 1. The van der Waals surface area contributed by atoms with Crippen LogP contribution in [0, 0.1) is 0 Å². The van der Waals surface area contributed by atoms with Crippen molar-refractivity contribution in [3.8, 4) is 0 Å². The van der Waals surface area contributed by atoms with E-state index in [0.29, 0.717) is 5.56 Å². The molecule has 2 heterocycles. The maximum atomic E-state index is 13.0. The number of nitrogens with one attached hydrogen (secondary N) is 1. The van der Waals surface area contributed by atoms with Crippen LogP contribution in [-0.2, 0) is 23.0 Å². The molecule has 0 bridgehead atoms. The molecule has 0 saturated heterocycles. The Bertz CT molecular complexity index is 1280. The number of aromatic nitrogens is 1. The third kappa shape index (κ3) is 3.61. The Balaban J connectivity index is 1.32. The fourth-order valence-corrected chi connectivity index (χ4v) is 5.60. The van der Waals surface area contributed by atoms with Crippen molar-refractivity contribution < 1.29 is 18.0 Å². The van der Waals surface area contributed by atoms with Gasteiger partial charge >= 0.3 is 0 Å². The highest BCUT2D eigenvalue weighted by Gasteiger charge is 2.36. The molecule has 0 saturated carbocycles. The molecule has 1 N–H and O–H groups in total. The zero-order valence-electron chi connectivity index (χ0n) is 17.2. The fraction of sp³-hybridized carbons (Fsp3) is 0.208. The lowest BCUT2D eigenvalue weighted by Crippen LogP contribution is -2.31. The van der Waals surface area contributed by atoms with E-state index in [-0.39, 0.29) is 28.7 Å². The summed E-state index contributed by atoms with van der Waals surface area (Å²) in [6, 6.07) is 17.1. The van der Waals surface area contributed by atoms with Gasteiger partial charge in [0.25, 0.3) is 11.8 Å². The minimum atomic E-state index is -3.72. The second kappa shape index (κ2) is 7.96. The SMILES string of the molecule is O=C1c2cccnc2C(=O)N1Cc1ccc(S(=O)(=O)N[C@@H]2CCCc3ccccc32)cc1. The number of fused-ring (bicyclic) bond motifs is 2. The van der Waals surface area contributed by atoms with Crippen molar-refractivity contribution in [2.24, 2.45) is 0 Å². The zero-order valence-corrected chi connectivity index (χ0v) is 18.0. The quantitative estimate of drug-likeness (QED) is 0.606. The molecule has 7 nitrogen and oxygen atoms in total. The summed E-state index contributed by atoms with van der Waals surface area (Å²) in [4.78, 5) is 30.3. The van der Waals surface area contributed by atoms with E-state index in [2.05, 4.69) is 9.71 Å². The van der Waals surface area contributed by atoms with Crippen molar-refractivity contribution in [3.05, 3.63) is 94.8 Å². The maximum absolute atomic E-state index is 13.0. The van der Waals surface area contributed by atoms with E-state index < -0.39 is 21.8 Å². The van der Waals surface area contributed by atoms with Gasteiger partial charge < -0.3 is 0 Å². The number of hydrogen-bond donors (Lipinski definition) is 1. The van der Waals surface area contributed by atoms with E-state index in [1.165, 1.54) is 23.9 Å². The van der Waals surface area contributed by atoms with Crippen LogP contribution in [0.25, 0.3) is 0 Å². The average Bonchev–Trinajstić information content (AvgIpc) is 3.05. The van der Waals surface area contributed by atoms with Crippen molar-refractivity contribution in [1.29, 1.82) is 0 Å². The number of carbonyl (C=O) groups excluding carboxylic acids is 2. The molecular weight excluding hydrogens is 426 g/mol. The summed E-state index contributed by atoms with van der Waals surface area (Å²) in [5, 5.41) is 0. The van der Waals surface area contributed by atoms with Crippen molar-refractivity contribution in [3.63, 3.8) is 0 Å². The van der Waals surface area contributed by atoms with Gasteiger partial charge in [0.05, 0.1) is 17.0 Å². The van der Waals surface area contributed by atoms with Crippen LogP contribution < -0.4 is 4.72 Å². The van der Waals surface area contributed by atoms with Gasteiger partial charge in [0.2, 0.25) is 10.0 Å². The maximum Gasteiger partial charge on any atom is 0.280 e. The number of aryl methyl sites for hydroxylation is 1. The lowest BCUT2D eigenvalue weighted by Gasteiger charge is -2.26. The normalized spacial score (nSPS) is 17.9. The standard InChI is InChI=1S/C24H21N3O4S/c28-23-20-8-4-14-25-22(20)24(29)27(23)15-16-10-12-18(13-11-16)32(30,31)26-21-9-3-6-17-5-1-2-7-19(17)21/h1-2,4-5,7-8,10-14,21,26H,3,6,9,15H2/t21-/m1/s1. The summed E-state index contributed by atoms with van der Waals surface area (Å²) in [6.07, 6.45) is 4.11. The second-order valence-corrected chi connectivity index (χ2v) is 9.72. The van der Waals surface area contributed by atoms with Crippen LogP contribution in [0.4, 0.5) is 0 Å². The average molecular weight is 448 g/mol. The molecule has 1 aliphatic carbocycles. The number of sulfonamides is 1. The topological polar surface area (TPSA) is 96.4 Å². The smallest absolute Gasteiger partial charge is 0.268 e. The lowest BCUT2D eigenvalue weighted by atomic mass is 9.88. The van der Waals surface area contributed by atoms with Gasteiger partial charge in [0.15, 0.2) is 0 Å². The summed E-state index contributed by atoms with van der Waals surface area (Å²) < 4.78 is 28.8. The van der Waals surface area contributed by atoms with Gasteiger partial charge in [-0.2, -0.15) is 0 Å². The predicted octanol–water partition coefficient (Wildman–Crippen LogP) is 3.23. The van der Waals surface area contributed by atoms with E-state index in [1.54, 1.807) is 24.3 Å². The van der Waals surface area contributed by atoms with Gasteiger partial charge in [-0.3, -0.25) is 19.5 Å². The predicted molar refractivity (Wildman–Crippen MR) is 117 cm³/mol. The van der Waals surface area contributed by atoms with Gasteiger partial charge in [0.1, 0.15) is 5.69 Å². The summed E-state index contributed by atoms with van der Waals surface area (Å²) >= 11 is 0. The van der Waals surface area contributed by atoms with Crippen LogP contribution in [0.1, 0.15) is 56.4 Å². The third-order valence-electron chi connectivity index (χ3n) is 5.97. The van der Waals surface area contributed by atoms with Crippen molar-refractivity contribution >= 4 is 21.8 Å². The Labute approximate surface area is 186 Å². The summed E-state index contributed by atoms with van der Waals surface area (Å²) in [5.41, 5.74) is 3.29. The molecule has 3 aromatic rings. The minimum Gasteiger partial charge on any atom is -0.268 e. The molecule has 1 atom stereocenters. The van der Waals surface area contributed by atoms with Gasteiger partial charge in [-0.25, -0.2) is 13.1 Å². The number of benzene rings is 2. The van der Waals surface area contributed by atoms with Gasteiger partial charge in [0, 0.05) is 12.2 Å². The first kappa shape index (κ1) is 20.5. The molecule has 162 valence electrons. The highest BCUT2D eigenvalue weighted by Crippen LogP contribution is 2.31. The number of amides is 2. The lowest BCUT2D eigenvalue weighted by molar-refractivity contribution is 0.0640. The van der Waals surface area contributed by atoms with Crippen LogP contribution in [0.2, 0.25) is 0 Å². The fourth-order valence-electron chi connectivity index (χ4n) is 4.35. The summed E-state index contributed by atoms with van der Waals surface area (Å²) in [6.45, 7) is 0.0534. The number of rotatable bonds is 5. The van der Waals surface area contributed by atoms with E-state index in [9.17, 15) is 18.0 Å². The molecule has 0 radical (unpaired) electrons. The molecule has 2 aromatic carbocycles. The number of hydrogen-bond acceptors (Lipinski definition) is 5. The van der Waals surface area contributed by atoms with Crippen molar-refractivity contribution in [2.75, 3.05) is 0 Å². The van der Waals surface area contributed by atoms with Crippen LogP contribution in [0.15, 0.2) is 71.8 Å². The highest BCUT2D eigenvalue weighted by molar-refractivity contribution is 7.89. The largest absolute Gasteiger partial charge is 0.280 e. The molecule has 8 heteroatoms. The van der Waals surface area contributed by atoms with Crippen LogP contribution in [0.5, 0.6) is 0 Å². The number of nitrogens with zero attached hydrogens (tertiary/aromatic N) is 2. The Morgan fingerprint density at radius 2 is 1.75 bits per heavy atom. The third-order valence-corrected chi connectivity index (χ3v) is 7.46. The van der Waals surface area contributed by atoms with E-state index in [4.69, 9.17) is 0 Å². The first-order valence-electron chi connectivity index (χ1n) is 10.4. The molecule has 1 aromatic heterocycles. The van der Waals surface area contributed by atoms with E-state index in [0.717, 1.165) is 29.7 Å². The molecule has 32 heavy (non-hydrogen) atoms. The molecule has 0 unspecified atom stereocenters. The second-order valence-electron chi connectivity index (χ2n) is 8.00. The van der Waals surface area contributed by atoms with Gasteiger partial charge in [-0.05, 0) is 60.2 Å². The number of pyridine rings is 1. The van der Waals surface area contributed by atoms with Gasteiger partial charge in [-0.1, -0.05) is 36.4 Å². The molecule has 2 amide bonds. The molecule has 5 rings (SSSR count).